The minimum absolute atomic E-state index is 0.232. The highest BCUT2D eigenvalue weighted by Gasteiger charge is 2.59. The van der Waals surface area contributed by atoms with Crippen LogP contribution in [0.15, 0.2) is 67.1 Å². The van der Waals surface area contributed by atoms with Gasteiger partial charge in [-0.15, -0.1) is 0 Å². The first-order valence-corrected chi connectivity index (χ1v) is 17.0. The lowest BCUT2D eigenvalue weighted by Gasteiger charge is -2.43. The number of hydrogen-bond acceptors (Lipinski definition) is 8. The maximum absolute atomic E-state index is 14.2. The summed E-state index contributed by atoms with van der Waals surface area (Å²) in [5.74, 6) is -0.268. The molecule has 2 aliphatic rings. The Bertz CT molecular complexity index is 1600. The Kier molecular flexibility index (Phi) is 11.4. The van der Waals surface area contributed by atoms with Gasteiger partial charge in [-0.2, -0.15) is 0 Å². The molecule has 49 heavy (non-hydrogen) atoms. The maximum Gasteiger partial charge on any atom is 0.332 e. The van der Waals surface area contributed by atoms with Crippen molar-refractivity contribution in [3.05, 3.63) is 78.4 Å². The highest BCUT2D eigenvalue weighted by molar-refractivity contribution is 6.17. The Morgan fingerprint density at radius 1 is 1.02 bits per heavy atom. The molecular formula is C36H48N8O5. The zero-order chi connectivity index (χ0) is 35.1. The molecule has 2 fully saturated rings. The molecular weight excluding hydrogens is 624 g/mol. The molecule has 262 valence electrons. The molecule has 2 saturated heterocycles. The number of imidazole rings is 1. The predicted octanol–water partition coefficient (Wildman–Crippen LogP) is 2.20. The number of aryl methyl sites for hydroxylation is 1. The number of piperidine rings is 1. The van der Waals surface area contributed by atoms with Crippen molar-refractivity contribution in [1.82, 2.24) is 29.6 Å². The first-order valence-electron chi connectivity index (χ1n) is 17.0. The smallest absolute Gasteiger partial charge is 0.332 e. The SMILES string of the molecule is CCN(CC)CCN1C(=O)N(c2ccccc2)C2(CCN(C(=O)C(Cc3ccc(OC)cc3)NC(=O)C(N)Cc3cncn3C)CC2)C1=O. The summed E-state index contributed by atoms with van der Waals surface area (Å²) >= 11 is 0. The van der Waals surface area contributed by atoms with E-state index in [9.17, 15) is 19.2 Å². The second-order valence-corrected chi connectivity index (χ2v) is 12.7. The maximum atomic E-state index is 14.2. The molecule has 1 aromatic heterocycles. The van der Waals surface area contributed by atoms with E-state index >= 15 is 0 Å². The Morgan fingerprint density at radius 3 is 2.29 bits per heavy atom. The van der Waals surface area contributed by atoms with Crippen LogP contribution in [0.4, 0.5) is 10.5 Å². The largest absolute Gasteiger partial charge is 0.497 e. The standard InChI is InChI=1S/C36H48N8O5/c1-5-41(6-2)20-21-43-34(47)36(44(35(43)48)27-10-8-7-9-11-27)16-18-42(19-17-36)33(46)31(22-26-12-14-29(49-4)15-13-26)39-32(45)30(37)23-28-24-38-25-40(28)3/h7-15,24-25,30-31H,5-6,16-23,37H2,1-4H3,(H,39,45). The molecule has 2 aromatic carbocycles. The van der Waals surface area contributed by atoms with Crippen LogP contribution in [0.5, 0.6) is 5.75 Å². The van der Waals surface area contributed by atoms with Crippen LogP contribution in [-0.2, 0) is 34.3 Å². The van der Waals surface area contributed by atoms with Crippen LogP contribution in [0.2, 0.25) is 0 Å². The van der Waals surface area contributed by atoms with Crippen LogP contribution in [0.25, 0.3) is 0 Å². The molecule has 5 amide bonds. The number of nitrogens with one attached hydrogen (secondary N) is 1. The fourth-order valence-corrected chi connectivity index (χ4v) is 6.78. The topological polar surface area (TPSA) is 146 Å². The Balaban J connectivity index is 1.35. The van der Waals surface area contributed by atoms with E-state index in [0.717, 1.165) is 24.3 Å². The Labute approximate surface area is 288 Å². The van der Waals surface area contributed by atoms with Gasteiger partial charge in [0.1, 0.15) is 17.3 Å². The number of methoxy groups -OCH3 is 1. The summed E-state index contributed by atoms with van der Waals surface area (Å²) in [5, 5.41) is 2.92. The summed E-state index contributed by atoms with van der Waals surface area (Å²) in [5.41, 5.74) is 7.48. The third kappa shape index (κ3) is 7.62. The predicted molar refractivity (Wildman–Crippen MR) is 186 cm³/mol. The van der Waals surface area contributed by atoms with Crippen molar-refractivity contribution in [2.24, 2.45) is 12.8 Å². The number of hydrogen-bond donors (Lipinski definition) is 2. The molecule has 2 aliphatic heterocycles. The minimum Gasteiger partial charge on any atom is -0.497 e. The van der Waals surface area contributed by atoms with E-state index < -0.39 is 23.5 Å². The van der Waals surface area contributed by atoms with Gasteiger partial charge in [0.05, 0.1) is 19.5 Å². The molecule has 0 radical (unpaired) electrons. The Hall–Kier alpha value is -4.75. The second kappa shape index (κ2) is 15.6. The van der Waals surface area contributed by atoms with E-state index in [1.807, 2.05) is 61.6 Å². The monoisotopic (exact) mass is 672 g/mol. The lowest BCUT2D eigenvalue weighted by molar-refractivity contribution is -0.140. The summed E-state index contributed by atoms with van der Waals surface area (Å²) in [6.45, 7) is 7.11. The molecule has 5 rings (SSSR count). The summed E-state index contributed by atoms with van der Waals surface area (Å²) in [7, 11) is 3.41. The summed E-state index contributed by atoms with van der Waals surface area (Å²) in [6, 6.07) is 14.5. The van der Waals surface area contributed by atoms with E-state index in [0.29, 0.717) is 24.5 Å². The molecule has 2 unspecified atom stereocenters. The first kappa shape index (κ1) is 35.6. The van der Waals surface area contributed by atoms with E-state index in [1.165, 1.54) is 4.90 Å². The number of urea groups is 1. The molecule has 3 N–H and O–H groups in total. The number of aromatic nitrogens is 2. The molecule has 0 bridgehead atoms. The van der Waals surface area contributed by atoms with Gasteiger partial charge in [-0.25, -0.2) is 9.78 Å². The molecule has 3 aromatic rings. The van der Waals surface area contributed by atoms with Gasteiger partial charge in [-0.3, -0.25) is 24.2 Å². The highest BCUT2D eigenvalue weighted by atomic mass is 16.5. The van der Waals surface area contributed by atoms with Gasteiger partial charge in [0.2, 0.25) is 11.8 Å². The average Bonchev–Trinajstić information content (AvgIpc) is 3.61. The zero-order valence-corrected chi connectivity index (χ0v) is 28.9. The second-order valence-electron chi connectivity index (χ2n) is 12.7. The highest BCUT2D eigenvalue weighted by Crippen LogP contribution is 2.40. The van der Waals surface area contributed by atoms with Crippen molar-refractivity contribution < 1.29 is 23.9 Å². The van der Waals surface area contributed by atoms with Crippen LogP contribution >= 0.6 is 0 Å². The van der Waals surface area contributed by atoms with Crippen LogP contribution in [0, 0.1) is 0 Å². The minimum atomic E-state index is -1.11. The normalized spacial score (nSPS) is 17.1. The van der Waals surface area contributed by atoms with Gasteiger partial charge >= 0.3 is 6.03 Å². The molecule has 1 spiro atoms. The lowest BCUT2D eigenvalue weighted by Crippen LogP contribution is -2.60. The molecule has 13 nitrogen and oxygen atoms in total. The van der Waals surface area contributed by atoms with Crippen LogP contribution in [0.1, 0.15) is 37.9 Å². The number of anilines is 1. The Morgan fingerprint density at radius 2 is 1.69 bits per heavy atom. The zero-order valence-electron chi connectivity index (χ0n) is 28.9. The number of imide groups is 1. The van der Waals surface area contributed by atoms with E-state index in [-0.39, 0.29) is 56.6 Å². The van der Waals surface area contributed by atoms with Gasteiger partial charge in [0.25, 0.3) is 5.91 Å². The van der Waals surface area contributed by atoms with Gasteiger partial charge in [0, 0.05) is 63.6 Å². The van der Waals surface area contributed by atoms with Gasteiger partial charge < -0.3 is 30.2 Å². The van der Waals surface area contributed by atoms with Crippen molar-refractivity contribution in [3.63, 3.8) is 0 Å². The summed E-state index contributed by atoms with van der Waals surface area (Å²) in [4.78, 5) is 66.7. The molecule has 3 heterocycles. The van der Waals surface area contributed by atoms with Crippen molar-refractivity contribution in [2.75, 3.05) is 51.3 Å². The quantitative estimate of drug-likeness (QED) is 0.248. The van der Waals surface area contributed by atoms with Crippen LogP contribution in [-0.4, -0.2) is 112 Å². The van der Waals surface area contributed by atoms with Gasteiger partial charge in [-0.05, 0) is 55.8 Å². The number of nitrogens with two attached hydrogens (primary N) is 1. The third-order valence-corrected chi connectivity index (χ3v) is 9.84. The number of carbonyl (C=O) groups is 4. The number of ether oxygens (including phenoxy) is 1. The van der Waals surface area contributed by atoms with E-state index in [4.69, 9.17) is 10.5 Å². The van der Waals surface area contributed by atoms with Crippen LogP contribution < -0.4 is 20.7 Å². The summed E-state index contributed by atoms with van der Waals surface area (Å²) in [6.07, 6.45) is 4.34. The molecule has 0 saturated carbocycles. The first-order chi connectivity index (χ1) is 23.6. The van der Waals surface area contributed by atoms with Crippen molar-refractivity contribution >= 4 is 29.4 Å². The van der Waals surface area contributed by atoms with Crippen LogP contribution in [0.3, 0.4) is 0 Å². The number of likely N-dealkylation sites (tertiary alicyclic amines) is 1. The van der Waals surface area contributed by atoms with E-state index in [1.54, 1.807) is 34.0 Å². The number of amides is 5. The number of nitrogens with zero attached hydrogens (tertiary/aromatic N) is 6. The lowest BCUT2D eigenvalue weighted by atomic mass is 9.85. The number of para-hydroxylation sites is 1. The number of carbonyl (C=O) groups excluding carboxylic acids is 4. The van der Waals surface area contributed by atoms with Gasteiger partial charge in [0.15, 0.2) is 0 Å². The average molecular weight is 673 g/mol. The number of likely N-dealkylation sites (N-methyl/N-ethyl adjacent to an activating group) is 1. The third-order valence-electron chi connectivity index (χ3n) is 9.84. The van der Waals surface area contributed by atoms with E-state index in [2.05, 4.69) is 29.0 Å². The molecule has 13 heteroatoms. The number of benzene rings is 2. The number of rotatable bonds is 14. The fraction of sp³-hybridized carbons (Fsp3) is 0.472. The summed E-state index contributed by atoms with van der Waals surface area (Å²) < 4.78 is 7.09. The fourth-order valence-electron chi connectivity index (χ4n) is 6.78. The van der Waals surface area contributed by atoms with Crippen molar-refractivity contribution in [2.45, 2.75) is 57.2 Å². The van der Waals surface area contributed by atoms with Crippen molar-refractivity contribution in [3.8, 4) is 5.75 Å². The van der Waals surface area contributed by atoms with Crippen molar-refractivity contribution in [1.29, 1.82) is 0 Å². The molecule has 2 atom stereocenters. The molecule has 0 aliphatic carbocycles. The van der Waals surface area contributed by atoms with Gasteiger partial charge in [-0.1, -0.05) is 44.2 Å².